The highest BCUT2D eigenvalue weighted by Gasteiger charge is 2.28. The highest BCUT2D eigenvalue weighted by atomic mass is 32.3. The van der Waals surface area contributed by atoms with Gasteiger partial charge < -0.3 is 9.84 Å². The van der Waals surface area contributed by atoms with Gasteiger partial charge in [0.1, 0.15) is 13.2 Å². The molecular weight excluding hydrogens is 192 g/mol. The van der Waals surface area contributed by atoms with E-state index in [-0.39, 0.29) is 19.3 Å². The molecule has 0 spiro atoms. The normalized spacial score (nSPS) is 27.8. The minimum absolute atomic E-state index is 0.0852. The van der Waals surface area contributed by atoms with Crippen LogP contribution in [0.5, 0.6) is 0 Å². The third kappa shape index (κ3) is 3.98. The van der Waals surface area contributed by atoms with Crippen molar-refractivity contribution in [2.75, 3.05) is 24.7 Å². The van der Waals surface area contributed by atoms with Gasteiger partial charge in [-0.15, -0.1) is 0 Å². The van der Waals surface area contributed by atoms with E-state index in [1.165, 1.54) is 0 Å². The van der Waals surface area contributed by atoms with Crippen LogP contribution in [-0.4, -0.2) is 45.0 Å². The van der Waals surface area contributed by atoms with Crippen molar-refractivity contribution in [3.63, 3.8) is 0 Å². The standard InChI is InChI=1S/C8H14O4S/c9-4-1-2-5-12-8-3-6-13(10,11)7-8/h8-11H,3-7H2. The zero-order valence-electron chi connectivity index (χ0n) is 7.27. The van der Waals surface area contributed by atoms with Gasteiger partial charge in [-0.05, 0) is 6.42 Å². The fourth-order valence-electron chi connectivity index (χ4n) is 1.18. The highest BCUT2D eigenvalue weighted by Crippen LogP contribution is 2.46. The van der Waals surface area contributed by atoms with Crippen LogP contribution >= 0.6 is 10.6 Å². The second-order valence-electron chi connectivity index (χ2n) is 2.91. The third-order valence-electron chi connectivity index (χ3n) is 1.81. The molecule has 13 heavy (non-hydrogen) atoms. The summed E-state index contributed by atoms with van der Waals surface area (Å²) in [5, 5.41) is 8.34. The third-order valence-corrected chi connectivity index (χ3v) is 3.61. The average Bonchev–Trinajstić information content (AvgIpc) is 2.40. The molecule has 3 N–H and O–H groups in total. The van der Waals surface area contributed by atoms with Crippen LogP contribution in [0.1, 0.15) is 6.42 Å². The van der Waals surface area contributed by atoms with E-state index in [1.807, 2.05) is 0 Å². The summed E-state index contributed by atoms with van der Waals surface area (Å²) in [5.74, 6) is 5.83. The first kappa shape index (κ1) is 10.8. The van der Waals surface area contributed by atoms with Crippen molar-refractivity contribution in [2.24, 2.45) is 0 Å². The molecule has 0 radical (unpaired) electrons. The Bertz CT molecular complexity index is 218. The Kier molecular flexibility index (Phi) is 4.03. The number of hydrogen-bond donors (Lipinski definition) is 3. The Labute approximate surface area is 79.3 Å². The van der Waals surface area contributed by atoms with Crippen molar-refractivity contribution in [1.29, 1.82) is 0 Å². The van der Waals surface area contributed by atoms with Crippen molar-refractivity contribution in [1.82, 2.24) is 0 Å². The van der Waals surface area contributed by atoms with Crippen LogP contribution < -0.4 is 0 Å². The maximum Gasteiger partial charge on any atom is 0.108 e. The summed E-state index contributed by atoms with van der Waals surface area (Å²) < 4.78 is 23.8. The zero-order chi connectivity index (χ0) is 9.73. The number of ether oxygens (including phenoxy) is 1. The quantitative estimate of drug-likeness (QED) is 0.576. The second kappa shape index (κ2) is 4.84. The predicted octanol–water partition coefficient (Wildman–Crippen LogP) is 0.522. The van der Waals surface area contributed by atoms with Gasteiger partial charge in [-0.1, -0.05) is 11.8 Å². The molecule has 0 aromatic rings. The Morgan fingerprint density at radius 1 is 1.38 bits per heavy atom. The van der Waals surface area contributed by atoms with Crippen molar-refractivity contribution in [2.45, 2.75) is 12.5 Å². The summed E-state index contributed by atoms with van der Waals surface area (Å²) in [6.45, 7) is 0.0873. The summed E-state index contributed by atoms with van der Waals surface area (Å²) >= 11 is 0. The van der Waals surface area contributed by atoms with Crippen molar-refractivity contribution >= 4 is 10.6 Å². The summed E-state index contributed by atoms with van der Waals surface area (Å²) in [6.07, 6.45) is 0.598. The van der Waals surface area contributed by atoms with Crippen LogP contribution in [0.25, 0.3) is 0 Å². The fraction of sp³-hybridized carbons (Fsp3) is 0.750. The van der Waals surface area contributed by atoms with Crippen molar-refractivity contribution < 1.29 is 18.9 Å². The molecule has 1 heterocycles. The van der Waals surface area contributed by atoms with E-state index in [4.69, 9.17) is 9.84 Å². The number of rotatable bonds is 2. The lowest BCUT2D eigenvalue weighted by Crippen LogP contribution is -2.13. The first-order valence-electron chi connectivity index (χ1n) is 4.06. The molecule has 1 rings (SSSR count). The molecule has 0 aliphatic carbocycles. The van der Waals surface area contributed by atoms with Gasteiger partial charge in [0.2, 0.25) is 0 Å². The van der Waals surface area contributed by atoms with E-state index in [0.717, 1.165) is 0 Å². The maximum absolute atomic E-state index is 9.25. The van der Waals surface area contributed by atoms with E-state index in [0.29, 0.717) is 17.9 Å². The molecule has 0 bridgehead atoms. The van der Waals surface area contributed by atoms with E-state index in [2.05, 4.69) is 11.8 Å². The highest BCUT2D eigenvalue weighted by molar-refractivity contribution is 8.24. The fourth-order valence-corrected chi connectivity index (χ4v) is 2.85. The van der Waals surface area contributed by atoms with Gasteiger partial charge in [0.05, 0.1) is 11.9 Å². The summed E-state index contributed by atoms with van der Waals surface area (Å²) in [5.41, 5.74) is 0. The molecule has 0 aromatic heterocycles. The molecule has 1 unspecified atom stereocenters. The van der Waals surface area contributed by atoms with Crippen LogP contribution in [0.15, 0.2) is 0 Å². The van der Waals surface area contributed by atoms with Crippen LogP contribution in [-0.2, 0) is 4.74 Å². The van der Waals surface area contributed by atoms with Gasteiger partial charge >= 0.3 is 0 Å². The predicted molar refractivity (Wildman–Crippen MR) is 51.8 cm³/mol. The summed E-state index contributed by atoms with van der Waals surface area (Å²) in [6, 6.07) is 0. The van der Waals surface area contributed by atoms with Crippen molar-refractivity contribution in [3.05, 3.63) is 0 Å². The Morgan fingerprint density at radius 3 is 2.69 bits per heavy atom. The Hall–Kier alpha value is -0.250. The van der Waals surface area contributed by atoms with E-state index in [9.17, 15) is 9.11 Å². The van der Waals surface area contributed by atoms with Gasteiger partial charge in [0.15, 0.2) is 0 Å². The van der Waals surface area contributed by atoms with E-state index >= 15 is 0 Å². The second-order valence-corrected chi connectivity index (χ2v) is 5.25. The average molecular weight is 206 g/mol. The molecule has 0 amide bonds. The topological polar surface area (TPSA) is 69.9 Å². The smallest absolute Gasteiger partial charge is 0.108 e. The minimum Gasteiger partial charge on any atom is -0.384 e. The largest absolute Gasteiger partial charge is 0.384 e. The number of hydrogen-bond acceptors (Lipinski definition) is 4. The lowest BCUT2D eigenvalue weighted by molar-refractivity contribution is 0.0972. The van der Waals surface area contributed by atoms with Gasteiger partial charge in [-0.25, -0.2) is 0 Å². The molecular formula is C8H14O4S. The molecule has 1 fully saturated rings. The van der Waals surface area contributed by atoms with Gasteiger partial charge in [0.25, 0.3) is 0 Å². The van der Waals surface area contributed by atoms with E-state index in [1.54, 1.807) is 0 Å². The molecule has 0 saturated carbocycles. The first-order valence-corrected chi connectivity index (χ1v) is 5.94. The Morgan fingerprint density at radius 2 is 2.15 bits per heavy atom. The molecule has 76 valence electrons. The van der Waals surface area contributed by atoms with Gasteiger partial charge in [-0.2, -0.15) is 10.6 Å². The van der Waals surface area contributed by atoms with E-state index < -0.39 is 10.6 Å². The molecule has 1 saturated heterocycles. The monoisotopic (exact) mass is 206 g/mol. The molecule has 1 aliphatic heterocycles. The zero-order valence-corrected chi connectivity index (χ0v) is 8.09. The molecule has 5 heteroatoms. The number of aliphatic hydroxyl groups is 1. The molecule has 4 nitrogen and oxygen atoms in total. The van der Waals surface area contributed by atoms with Gasteiger partial charge in [-0.3, -0.25) is 9.11 Å². The summed E-state index contributed by atoms with van der Waals surface area (Å²) in [4.78, 5) is 0. The van der Waals surface area contributed by atoms with Crippen LogP contribution in [0.4, 0.5) is 0 Å². The maximum atomic E-state index is 9.25. The summed E-state index contributed by atoms with van der Waals surface area (Å²) in [7, 11) is -2.36. The van der Waals surface area contributed by atoms with Gasteiger partial charge in [0, 0.05) is 5.75 Å². The molecule has 1 aliphatic rings. The van der Waals surface area contributed by atoms with Crippen LogP contribution in [0, 0.1) is 11.8 Å². The minimum atomic E-state index is -2.36. The lowest BCUT2D eigenvalue weighted by Gasteiger charge is -2.25. The van der Waals surface area contributed by atoms with Crippen LogP contribution in [0.2, 0.25) is 0 Å². The molecule has 1 atom stereocenters. The number of aliphatic hydroxyl groups excluding tert-OH is 1. The Balaban J connectivity index is 2.18. The lowest BCUT2D eigenvalue weighted by atomic mass is 10.3. The SMILES string of the molecule is OCC#CCOC1CCS(O)(O)C1. The first-order chi connectivity index (χ1) is 6.14. The molecule has 0 aromatic carbocycles. The van der Waals surface area contributed by atoms with Crippen molar-refractivity contribution in [3.8, 4) is 11.8 Å². The van der Waals surface area contributed by atoms with Crippen LogP contribution in [0.3, 0.4) is 0 Å².